The van der Waals surface area contributed by atoms with Crippen LogP contribution in [0.5, 0.6) is 0 Å². The molecular weight excluding hydrogens is 221 g/mol. The number of hydroxylamine groups is 2. The Kier molecular flexibility index (Phi) is 4.09. The largest absolute Gasteiger partial charge is 0.438 e. The highest BCUT2D eigenvalue weighted by Gasteiger charge is 2.20. The third-order valence-corrected chi connectivity index (χ3v) is 3.18. The zero-order valence-electron chi connectivity index (χ0n) is 9.56. The first-order chi connectivity index (χ1) is 8.28. The van der Waals surface area contributed by atoms with Gasteiger partial charge in [-0.2, -0.15) is 0 Å². The second-order valence-corrected chi connectivity index (χ2v) is 4.38. The van der Waals surface area contributed by atoms with E-state index in [-0.39, 0.29) is 5.82 Å². The Bertz CT molecular complexity index is 358. The molecular formula is C13H15FNO2. The number of hydrogen-bond donors (Lipinski definition) is 0. The van der Waals surface area contributed by atoms with Crippen LogP contribution in [0.2, 0.25) is 0 Å². The summed E-state index contributed by atoms with van der Waals surface area (Å²) < 4.78 is 12.7. The highest BCUT2D eigenvalue weighted by Crippen LogP contribution is 2.21. The molecule has 91 valence electrons. The third-order valence-electron chi connectivity index (χ3n) is 3.18. The third kappa shape index (κ3) is 3.53. The van der Waals surface area contributed by atoms with Crippen LogP contribution in [0.1, 0.15) is 18.4 Å². The summed E-state index contributed by atoms with van der Waals surface area (Å²) in [6.07, 6.45) is 2.93. The number of piperidine rings is 1. The van der Waals surface area contributed by atoms with Crippen LogP contribution in [0, 0.1) is 11.7 Å². The van der Waals surface area contributed by atoms with Crippen LogP contribution in [0.3, 0.4) is 0 Å². The fourth-order valence-electron chi connectivity index (χ4n) is 2.21. The molecule has 0 spiro atoms. The van der Waals surface area contributed by atoms with Gasteiger partial charge in [-0.1, -0.05) is 12.1 Å². The van der Waals surface area contributed by atoms with Crippen molar-refractivity contribution in [3.8, 4) is 0 Å². The molecule has 0 saturated carbocycles. The lowest BCUT2D eigenvalue weighted by Crippen LogP contribution is -2.34. The van der Waals surface area contributed by atoms with Gasteiger partial charge in [0.15, 0.2) is 0 Å². The number of nitrogens with zero attached hydrogens (tertiary/aromatic N) is 1. The Hall–Kier alpha value is -1.42. The Balaban J connectivity index is 1.81. The Labute approximate surface area is 100 Å². The molecule has 0 amide bonds. The van der Waals surface area contributed by atoms with E-state index in [1.165, 1.54) is 18.6 Å². The Morgan fingerprint density at radius 3 is 2.53 bits per heavy atom. The average molecular weight is 236 g/mol. The van der Waals surface area contributed by atoms with E-state index < -0.39 is 0 Å². The minimum atomic E-state index is -0.196. The van der Waals surface area contributed by atoms with E-state index in [2.05, 4.69) is 4.84 Å². The maximum absolute atomic E-state index is 12.7. The van der Waals surface area contributed by atoms with Gasteiger partial charge >= 0.3 is 6.47 Å². The molecule has 1 aliphatic heterocycles. The van der Waals surface area contributed by atoms with Gasteiger partial charge in [-0.15, -0.1) is 5.06 Å². The fraction of sp³-hybridized carbons (Fsp3) is 0.462. The van der Waals surface area contributed by atoms with Gasteiger partial charge in [0.25, 0.3) is 0 Å². The molecule has 2 rings (SSSR count). The van der Waals surface area contributed by atoms with Crippen LogP contribution in [0.25, 0.3) is 0 Å². The van der Waals surface area contributed by atoms with E-state index in [4.69, 9.17) is 0 Å². The van der Waals surface area contributed by atoms with Crippen LogP contribution in [-0.4, -0.2) is 24.6 Å². The van der Waals surface area contributed by atoms with Crippen molar-refractivity contribution in [2.45, 2.75) is 19.3 Å². The average Bonchev–Trinajstić information content (AvgIpc) is 2.35. The van der Waals surface area contributed by atoms with Gasteiger partial charge in [-0.3, -0.25) is 0 Å². The SMILES string of the molecule is O=[C]ON1CCC(Cc2ccc(F)cc2)CC1. The van der Waals surface area contributed by atoms with E-state index in [0.29, 0.717) is 5.92 Å². The molecule has 4 heteroatoms. The van der Waals surface area contributed by atoms with Gasteiger partial charge in [0.1, 0.15) is 5.82 Å². The van der Waals surface area contributed by atoms with Gasteiger partial charge in [-0.25, -0.2) is 9.18 Å². The minimum absolute atomic E-state index is 0.196. The van der Waals surface area contributed by atoms with E-state index in [0.717, 1.165) is 37.9 Å². The van der Waals surface area contributed by atoms with Crippen LogP contribution in [0.4, 0.5) is 4.39 Å². The van der Waals surface area contributed by atoms with Crippen LogP contribution >= 0.6 is 0 Å². The summed E-state index contributed by atoms with van der Waals surface area (Å²) >= 11 is 0. The standard InChI is InChI=1S/C13H15FNO2/c14-13-3-1-11(2-4-13)9-12-5-7-15(8-6-12)17-10-16/h1-4,12H,5-9H2. The molecule has 0 atom stereocenters. The van der Waals surface area contributed by atoms with Crippen molar-refractivity contribution >= 4 is 6.47 Å². The van der Waals surface area contributed by atoms with Gasteiger partial charge < -0.3 is 4.84 Å². The van der Waals surface area contributed by atoms with E-state index in [1.807, 2.05) is 12.1 Å². The molecule has 1 saturated heterocycles. The van der Waals surface area contributed by atoms with Crippen molar-refractivity contribution in [2.24, 2.45) is 5.92 Å². The Morgan fingerprint density at radius 1 is 1.29 bits per heavy atom. The lowest BCUT2D eigenvalue weighted by atomic mass is 9.91. The molecule has 0 unspecified atom stereocenters. The molecule has 0 bridgehead atoms. The summed E-state index contributed by atoms with van der Waals surface area (Å²) in [5.41, 5.74) is 1.16. The number of halogens is 1. The van der Waals surface area contributed by atoms with Crippen molar-refractivity contribution in [3.63, 3.8) is 0 Å². The second kappa shape index (κ2) is 5.77. The summed E-state index contributed by atoms with van der Waals surface area (Å²) in [7, 11) is 0. The van der Waals surface area contributed by atoms with Crippen LogP contribution in [0.15, 0.2) is 24.3 Å². The van der Waals surface area contributed by atoms with Crippen molar-refractivity contribution in [1.29, 1.82) is 0 Å². The maximum atomic E-state index is 12.7. The Morgan fingerprint density at radius 2 is 1.94 bits per heavy atom. The first-order valence-corrected chi connectivity index (χ1v) is 5.81. The predicted octanol–water partition coefficient (Wildman–Crippen LogP) is 2.08. The molecule has 1 aromatic carbocycles. The van der Waals surface area contributed by atoms with Gasteiger partial charge in [0, 0.05) is 13.1 Å². The lowest BCUT2D eigenvalue weighted by molar-refractivity contribution is -0.0960. The summed E-state index contributed by atoms with van der Waals surface area (Å²) in [5, 5.41) is 1.63. The molecule has 0 N–H and O–H groups in total. The molecule has 1 aromatic rings. The smallest absolute Gasteiger partial charge is 0.359 e. The quantitative estimate of drug-likeness (QED) is 0.801. The monoisotopic (exact) mass is 236 g/mol. The maximum Gasteiger partial charge on any atom is 0.438 e. The zero-order chi connectivity index (χ0) is 12.1. The van der Waals surface area contributed by atoms with Crippen molar-refractivity contribution in [3.05, 3.63) is 35.6 Å². The molecule has 0 aromatic heterocycles. The van der Waals surface area contributed by atoms with E-state index in [9.17, 15) is 9.18 Å². The summed E-state index contributed by atoms with van der Waals surface area (Å²) in [5.74, 6) is 0.380. The fourth-order valence-corrected chi connectivity index (χ4v) is 2.21. The number of rotatable bonds is 4. The molecule has 1 radical (unpaired) electrons. The van der Waals surface area contributed by atoms with Gasteiger partial charge in [0.05, 0.1) is 0 Å². The number of benzene rings is 1. The number of hydrogen-bond acceptors (Lipinski definition) is 3. The topological polar surface area (TPSA) is 29.5 Å². The van der Waals surface area contributed by atoms with Crippen LogP contribution < -0.4 is 0 Å². The molecule has 1 fully saturated rings. The molecule has 1 heterocycles. The van der Waals surface area contributed by atoms with Gasteiger partial charge in [0.2, 0.25) is 0 Å². The zero-order valence-corrected chi connectivity index (χ0v) is 9.56. The highest BCUT2D eigenvalue weighted by atomic mass is 19.1. The van der Waals surface area contributed by atoms with Gasteiger partial charge in [-0.05, 0) is 42.9 Å². The van der Waals surface area contributed by atoms with E-state index >= 15 is 0 Å². The molecule has 1 aliphatic rings. The summed E-state index contributed by atoms with van der Waals surface area (Å²) in [6.45, 7) is 2.94. The van der Waals surface area contributed by atoms with Crippen molar-refractivity contribution in [2.75, 3.05) is 13.1 Å². The highest BCUT2D eigenvalue weighted by molar-refractivity contribution is 5.37. The summed E-state index contributed by atoms with van der Waals surface area (Å²) in [4.78, 5) is 14.7. The first kappa shape index (κ1) is 12.0. The number of carbonyl (C=O) groups excluding carboxylic acids is 1. The second-order valence-electron chi connectivity index (χ2n) is 4.38. The molecule has 17 heavy (non-hydrogen) atoms. The molecule has 3 nitrogen and oxygen atoms in total. The van der Waals surface area contributed by atoms with Crippen molar-refractivity contribution < 1.29 is 14.0 Å². The molecule has 0 aliphatic carbocycles. The first-order valence-electron chi connectivity index (χ1n) is 5.81. The van der Waals surface area contributed by atoms with Crippen molar-refractivity contribution in [1.82, 2.24) is 5.06 Å². The predicted molar refractivity (Wildman–Crippen MR) is 61.2 cm³/mol. The lowest BCUT2D eigenvalue weighted by Gasteiger charge is -2.28. The summed E-state index contributed by atoms with van der Waals surface area (Å²) in [6, 6.07) is 6.65. The van der Waals surface area contributed by atoms with E-state index in [1.54, 1.807) is 5.06 Å². The normalized spacial score (nSPS) is 17.9. The minimum Gasteiger partial charge on any atom is -0.359 e. The van der Waals surface area contributed by atoms with Crippen LogP contribution in [-0.2, 0) is 16.1 Å².